The lowest BCUT2D eigenvalue weighted by atomic mass is 10.1. The van der Waals surface area contributed by atoms with E-state index >= 15 is 0 Å². The van der Waals surface area contributed by atoms with E-state index in [2.05, 4.69) is 33.0 Å². The van der Waals surface area contributed by atoms with Gasteiger partial charge in [0.2, 0.25) is 0 Å². The van der Waals surface area contributed by atoms with Gasteiger partial charge in [0.05, 0.1) is 31.2 Å². The molecule has 1 aliphatic rings. The summed E-state index contributed by atoms with van der Waals surface area (Å²) in [6, 6.07) is 13.3. The van der Waals surface area contributed by atoms with Gasteiger partial charge in [0.15, 0.2) is 0 Å². The summed E-state index contributed by atoms with van der Waals surface area (Å²) in [5.74, 6) is 0.936. The summed E-state index contributed by atoms with van der Waals surface area (Å²) >= 11 is 0. The van der Waals surface area contributed by atoms with Crippen molar-refractivity contribution < 1.29 is 19.7 Å². The van der Waals surface area contributed by atoms with Gasteiger partial charge in [-0.2, -0.15) is 0 Å². The second-order valence-electron chi connectivity index (χ2n) is 9.65. The van der Waals surface area contributed by atoms with Crippen molar-refractivity contribution in [2.75, 3.05) is 53.0 Å². The predicted octanol–water partition coefficient (Wildman–Crippen LogP) is 1.98. The highest BCUT2D eigenvalue weighted by Crippen LogP contribution is 2.23. The second kappa shape index (κ2) is 11.7. The maximum absolute atomic E-state index is 13.0. The number of carbonyl (C=O) groups excluding carboxylic acids is 1. The molecule has 0 aliphatic carbocycles. The fourth-order valence-electron chi connectivity index (χ4n) is 4.41. The first-order chi connectivity index (χ1) is 18.5. The third-order valence-electron chi connectivity index (χ3n) is 6.77. The minimum absolute atomic E-state index is 0.0360. The Morgan fingerprint density at radius 1 is 1.00 bits per heavy atom. The molecule has 1 aliphatic heterocycles. The molecule has 0 bridgehead atoms. The Balaban J connectivity index is 1.29. The Kier molecular flexibility index (Phi) is 7.92. The highest BCUT2D eigenvalue weighted by Gasteiger charge is 2.21. The molecule has 0 radical (unpaired) electrons. The van der Waals surface area contributed by atoms with Gasteiger partial charge in [-0.1, -0.05) is 6.07 Å². The number of benzene rings is 1. The van der Waals surface area contributed by atoms with Crippen molar-refractivity contribution in [2.45, 2.75) is 6.42 Å². The highest BCUT2D eigenvalue weighted by atomic mass is 16.5. The maximum atomic E-state index is 13.0. The molecule has 5 rings (SSSR count). The van der Waals surface area contributed by atoms with Gasteiger partial charge in [0.25, 0.3) is 5.91 Å². The van der Waals surface area contributed by atoms with Crippen LogP contribution in [0.5, 0.6) is 5.75 Å². The Labute approximate surface area is 220 Å². The van der Waals surface area contributed by atoms with E-state index in [9.17, 15) is 15.0 Å². The van der Waals surface area contributed by atoms with Gasteiger partial charge < -0.3 is 29.7 Å². The quantitative estimate of drug-likeness (QED) is 0.308. The van der Waals surface area contributed by atoms with Gasteiger partial charge in [-0.3, -0.25) is 9.78 Å². The number of likely N-dealkylation sites (N-methyl/N-ethyl adjacent to an activating group) is 1. The van der Waals surface area contributed by atoms with Crippen LogP contribution < -0.4 is 4.74 Å². The number of fused-ring (bicyclic) bond motifs is 1. The summed E-state index contributed by atoms with van der Waals surface area (Å²) in [5, 5.41) is 19.5. The normalized spacial score (nSPS) is 14.4. The molecule has 38 heavy (non-hydrogen) atoms. The fraction of sp³-hybridized carbons (Fsp3) is 0.357. The minimum atomic E-state index is -0.337. The fourth-order valence-corrected chi connectivity index (χ4v) is 4.41. The van der Waals surface area contributed by atoms with Gasteiger partial charge in [-0.05, 0) is 42.9 Å². The number of rotatable bonds is 9. The third-order valence-corrected chi connectivity index (χ3v) is 6.77. The number of aliphatic hydroxyl groups excluding tert-OH is 2. The average molecular weight is 517 g/mol. The number of pyridine rings is 1. The van der Waals surface area contributed by atoms with Gasteiger partial charge in [-0.15, -0.1) is 0 Å². The molecule has 0 unspecified atom stereocenters. The number of aromatic nitrogens is 4. The van der Waals surface area contributed by atoms with Crippen LogP contribution in [0.4, 0.5) is 0 Å². The van der Waals surface area contributed by atoms with Crippen LogP contribution in [0.3, 0.4) is 0 Å². The van der Waals surface area contributed by atoms with E-state index in [1.54, 1.807) is 30.6 Å². The third kappa shape index (κ3) is 5.99. The van der Waals surface area contributed by atoms with E-state index in [1.807, 2.05) is 23.1 Å². The lowest BCUT2D eigenvalue weighted by Gasteiger charge is -2.32. The first-order valence-corrected chi connectivity index (χ1v) is 12.7. The van der Waals surface area contributed by atoms with Crippen LogP contribution in [0, 0.1) is 5.92 Å². The molecule has 4 heterocycles. The number of nitrogens with zero attached hydrogens (tertiary/aromatic N) is 5. The molecule has 4 aromatic rings. The molecule has 3 aromatic heterocycles. The number of piperazine rings is 1. The molecule has 0 atom stereocenters. The van der Waals surface area contributed by atoms with Gasteiger partial charge in [-0.25, -0.2) is 9.97 Å². The van der Waals surface area contributed by atoms with Crippen molar-refractivity contribution in [3.63, 3.8) is 0 Å². The molecule has 1 saturated heterocycles. The lowest BCUT2D eigenvalue weighted by molar-refractivity contribution is 0.0659. The summed E-state index contributed by atoms with van der Waals surface area (Å²) in [6.45, 7) is 3.15. The van der Waals surface area contributed by atoms with E-state index in [0.29, 0.717) is 35.1 Å². The Morgan fingerprint density at radius 3 is 2.58 bits per heavy atom. The van der Waals surface area contributed by atoms with Crippen molar-refractivity contribution in [2.24, 2.45) is 5.92 Å². The predicted molar refractivity (Wildman–Crippen MR) is 143 cm³/mol. The number of carbonyl (C=O) groups is 1. The zero-order chi connectivity index (χ0) is 26.5. The van der Waals surface area contributed by atoms with Crippen LogP contribution in [0.25, 0.3) is 22.3 Å². The summed E-state index contributed by atoms with van der Waals surface area (Å²) in [5.41, 5.74) is 3.88. The molecule has 10 nitrogen and oxygen atoms in total. The molecule has 0 saturated carbocycles. The van der Waals surface area contributed by atoms with Crippen LogP contribution in [-0.4, -0.2) is 98.9 Å². The number of hydrogen-bond acceptors (Lipinski definition) is 8. The van der Waals surface area contributed by atoms with E-state index in [0.717, 1.165) is 42.6 Å². The molecule has 1 amide bonds. The summed E-state index contributed by atoms with van der Waals surface area (Å²) in [7, 11) is 2.07. The molecular formula is C28H32N6O4. The highest BCUT2D eigenvalue weighted by molar-refractivity contribution is 5.98. The standard InChI is InChI=1S/C28H32N6O4/c1-33-8-10-34(11-9-33)28(37)26-14-21-12-19(2-3-23(21)31-26)13-27-30-7-5-24(32-27)25-15-22(4-6-29-25)38-18-20(16-35)17-36/h2-7,12,14-15,20,31,35-36H,8-11,13,16-18H2,1H3. The van der Waals surface area contributed by atoms with Crippen molar-refractivity contribution in [3.05, 3.63) is 71.9 Å². The molecule has 10 heteroatoms. The van der Waals surface area contributed by atoms with E-state index in [4.69, 9.17) is 9.72 Å². The number of ether oxygens (including phenoxy) is 1. The van der Waals surface area contributed by atoms with Crippen molar-refractivity contribution in [1.82, 2.24) is 29.7 Å². The molecule has 0 spiro atoms. The number of hydrogen-bond donors (Lipinski definition) is 3. The largest absolute Gasteiger partial charge is 0.493 e. The maximum Gasteiger partial charge on any atom is 0.270 e. The van der Waals surface area contributed by atoms with E-state index in [1.165, 1.54) is 0 Å². The SMILES string of the molecule is CN1CCN(C(=O)c2cc3cc(Cc4nccc(-c5cc(OCC(CO)CO)ccn5)n4)ccc3[nH]2)CC1. The van der Waals surface area contributed by atoms with Gasteiger partial charge in [0.1, 0.15) is 17.3 Å². The molecule has 1 aromatic carbocycles. The topological polar surface area (TPSA) is 128 Å². The van der Waals surface area contributed by atoms with Gasteiger partial charge in [0, 0.05) is 67.9 Å². The minimum Gasteiger partial charge on any atom is -0.493 e. The number of nitrogens with one attached hydrogen (secondary N) is 1. The molecule has 198 valence electrons. The summed E-state index contributed by atoms with van der Waals surface area (Å²) in [6.07, 6.45) is 3.88. The van der Waals surface area contributed by atoms with Crippen molar-refractivity contribution in [3.8, 4) is 17.1 Å². The van der Waals surface area contributed by atoms with Crippen LogP contribution in [0.15, 0.2) is 54.9 Å². The number of aliphatic hydroxyl groups is 2. The second-order valence-corrected chi connectivity index (χ2v) is 9.65. The average Bonchev–Trinajstić information content (AvgIpc) is 3.37. The molecule has 3 N–H and O–H groups in total. The van der Waals surface area contributed by atoms with Crippen LogP contribution in [-0.2, 0) is 6.42 Å². The smallest absolute Gasteiger partial charge is 0.270 e. The lowest BCUT2D eigenvalue weighted by Crippen LogP contribution is -2.47. The van der Waals surface area contributed by atoms with Crippen molar-refractivity contribution >= 4 is 16.8 Å². The first kappa shape index (κ1) is 25.8. The van der Waals surface area contributed by atoms with Gasteiger partial charge >= 0.3 is 0 Å². The molecule has 1 fully saturated rings. The summed E-state index contributed by atoms with van der Waals surface area (Å²) < 4.78 is 5.71. The monoisotopic (exact) mass is 516 g/mol. The zero-order valence-electron chi connectivity index (χ0n) is 21.4. The number of amides is 1. The Hall–Kier alpha value is -3.86. The molecular weight excluding hydrogens is 484 g/mol. The van der Waals surface area contributed by atoms with E-state index in [-0.39, 0.29) is 31.6 Å². The van der Waals surface area contributed by atoms with Crippen LogP contribution in [0.2, 0.25) is 0 Å². The summed E-state index contributed by atoms with van der Waals surface area (Å²) in [4.78, 5) is 33.9. The van der Waals surface area contributed by atoms with Crippen molar-refractivity contribution in [1.29, 1.82) is 0 Å². The van der Waals surface area contributed by atoms with E-state index < -0.39 is 0 Å². The first-order valence-electron chi connectivity index (χ1n) is 12.7. The zero-order valence-corrected chi connectivity index (χ0v) is 21.4. The number of aromatic amines is 1. The van der Waals surface area contributed by atoms with Crippen LogP contribution in [0.1, 0.15) is 21.9 Å². The Bertz CT molecular complexity index is 1400. The van der Waals surface area contributed by atoms with Crippen LogP contribution >= 0.6 is 0 Å². The Morgan fingerprint density at radius 2 is 1.79 bits per heavy atom. The number of H-pyrrole nitrogens is 1.